The molecule has 1 aliphatic rings. The van der Waals surface area contributed by atoms with Crippen molar-refractivity contribution < 1.29 is 13.2 Å². The largest absolute Gasteiger partial charge is 0.378 e. The average Bonchev–Trinajstić information content (AvgIpc) is 3.15. The number of hydrogen-bond acceptors (Lipinski definition) is 5. The van der Waals surface area contributed by atoms with Gasteiger partial charge in [0.05, 0.1) is 22.5 Å². The molecular formula is C23H28N4O3S. The van der Waals surface area contributed by atoms with Crippen molar-refractivity contribution in [1.82, 2.24) is 13.9 Å². The lowest BCUT2D eigenvalue weighted by molar-refractivity contribution is 0.101. The van der Waals surface area contributed by atoms with E-state index < -0.39 is 10.0 Å². The standard InChI is InChI=1S/C23H28N4O3S/c1-3-27-22-11-10-20(31(29,30)26-12-5-4-6-13-26)15-21(22)25-23(27)16-24-19-9-7-8-18(14-19)17(2)28/h7-11,14-15,24H,3-6,12-13,16H2,1-2H3. The number of aromatic nitrogens is 2. The molecule has 0 aliphatic carbocycles. The maximum absolute atomic E-state index is 13.0. The molecule has 2 heterocycles. The lowest BCUT2D eigenvalue weighted by atomic mass is 10.1. The SMILES string of the molecule is CCn1c(CNc2cccc(C(C)=O)c2)nc2cc(S(=O)(=O)N3CCCCC3)ccc21. The first-order valence-electron chi connectivity index (χ1n) is 10.7. The lowest BCUT2D eigenvalue weighted by Gasteiger charge is -2.25. The highest BCUT2D eigenvalue weighted by Crippen LogP contribution is 2.25. The van der Waals surface area contributed by atoms with E-state index in [0.717, 1.165) is 42.8 Å². The van der Waals surface area contributed by atoms with Gasteiger partial charge in [-0.1, -0.05) is 18.6 Å². The molecular weight excluding hydrogens is 412 g/mol. The fourth-order valence-electron chi connectivity index (χ4n) is 4.09. The van der Waals surface area contributed by atoms with Gasteiger partial charge in [0.1, 0.15) is 5.82 Å². The first-order valence-corrected chi connectivity index (χ1v) is 12.2. The number of hydrogen-bond donors (Lipinski definition) is 1. The van der Waals surface area contributed by atoms with Crippen LogP contribution in [0.2, 0.25) is 0 Å². The molecule has 8 heteroatoms. The molecule has 1 aliphatic heterocycles. The maximum atomic E-state index is 13.0. The van der Waals surface area contributed by atoms with Crippen LogP contribution in [0, 0.1) is 0 Å². The van der Waals surface area contributed by atoms with Gasteiger partial charge < -0.3 is 9.88 Å². The van der Waals surface area contributed by atoms with Crippen molar-refractivity contribution in [3.05, 3.63) is 53.9 Å². The highest BCUT2D eigenvalue weighted by Gasteiger charge is 2.26. The van der Waals surface area contributed by atoms with E-state index in [1.54, 1.807) is 29.4 Å². The molecule has 1 aromatic heterocycles. The number of nitrogens with one attached hydrogen (secondary N) is 1. The second-order valence-corrected chi connectivity index (χ2v) is 9.82. The predicted molar refractivity (Wildman–Crippen MR) is 122 cm³/mol. The topological polar surface area (TPSA) is 84.3 Å². The van der Waals surface area contributed by atoms with E-state index in [4.69, 9.17) is 4.98 Å². The summed E-state index contributed by atoms with van der Waals surface area (Å²) >= 11 is 0. The molecule has 3 aromatic rings. The van der Waals surface area contributed by atoms with E-state index in [1.165, 1.54) is 0 Å². The van der Waals surface area contributed by atoms with Crippen molar-refractivity contribution in [3.8, 4) is 0 Å². The fourth-order valence-corrected chi connectivity index (χ4v) is 5.63. The molecule has 7 nitrogen and oxygen atoms in total. The van der Waals surface area contributed by atoms with E-state index >= 15 is 0 Å². The second-order valence-electron chi connectivity index (χ2n) is 7.88. The summed E-state index contributed by atoms with van der Waals surface area (Å²) in [5.74, 6) is 0.838. The highest BCUT2D eigenvalue weighted by atomic mass is 32.2. The van der Waals surface area contributed by atoms with Crippen LogP contribution in [-0.4, -0.2) is 41.1 Å². The minimum Gasteiger partial charge on any atom is -0.378 e. The van der Waals surface area contributed by atoms with Crippen LogP contribution in [0.3, 0.4) is 0 Å². The van der Waals surface area contributed by atoms with Gasteiger partial charge in [0.25, 0.3) is 0 Å². The Balaban J connectivity index is 1.61. The van der Waals surface area contributed by atoms with Crippen LogP contribution in [0.5, 0.6) is 0 Å². The highest BCUT2D eigenvalue weighted by molar-refractivity contribution is 7.89. The number of nitrogens with zero attached hydrogens (tertiary/aromatic N) is 3. The molecule has 1 N–H and O–H groups in total. The minimum atomic E-state index is -3.50. The van der Waals surface area contributed by atoms with E-state index in [-0.39, 0.29) is 5.78 Å². The number of fused-ring (bicyclic) bond motifs is 1. The monoisotopic (exact) mass is 440 g/mol. The van der Waals surface area contributed by atoms with Crippen molar-refractivity contribution in [2.45, 2.75) is 51.1 Å². The summed E-state index contributed by atoms with van der Waals surface area (Å²) in [5.41, 5.74) is 3.08. The maximum Gasteiger partial charge on any atom is 0.243 e. The Bertz CT molecular complexity index is 1210. The van der Waals surface area contributed by atoms with Crippen LogP contribution < -0.4 is 5.32 Å². The van der Waals surface area contributed by atoms with E-state index in [0.29, 0.717) is 35.6 Å². The Morgan fingerprint density at radius 2 is 1.87 bits per heavy atom. The van der Waals surface area contributed by atoms with Gasteiger partial charge in [0, 0.05) is 30.9 Å². The van der Waals surface area contributed by atoms with Crippen molar-refractivity contribution >= 4 is 32.5 Å². The summed E-state index contributed by atoms with van der Waals surface area (Å²) in [6, 6.07) is 12.6. The number of ketones is 1. The third-order valence-electron chi connectivity index (χ3n) is 5.79. The van der Waals surface area contributed by atoms with Crippen molar-refractivity contribution in [1.29, 1.82) is 0 Å². The third-order valence-corrected chi connectivity index (χ3v) is 7.68. The molecule has 164 valence electrons. The van der Waals surface area contributed by atoms with E-state index in [2.05, 4.69) is 9.88 Å². The smallest absolute Gasteiger partial charge is 0.243 e. The normalized spacial score (nSPS) is 15.3. The molecule has 0 spiro atoms. The Labute approximate surface area is 183 Å². The van der Waals surface area contributed by atoms with Crippen LogP contribution in [0.25, 0.3) is 11.0 Å². The number of imidazole rings is 1. The molecule has 4 rings (SSSR count). The molecule has 0 atom stereocenters. The van der Waals surface area contributed by atoms with Crippen LogP contribution in [0.15, 0.2) is 47.4 Å². The van der Waals surface area contributed by atoms with Gasteiger partial charge in [0.15, 0.2) is 5.78 Å². The number of sulfonamides is 1. The van der Waals surface area contributed by atoms with Crippen LogP contribution in [0.4, 0.5) is 5.69 Å². The van der Waals surface area contributed by atoms with Gasteiger partial charge in [-0.15, -0.1) is 0 Å². The van der Waals surface area contributed by atoms with Gasteiger partial charge in [-0.2, -0.15) is 4.31 Å². The summed E-state index contributed by atoms with van der Waals surface area (Å²) in [6.45, 7) is 5.94. The van der Waals surface area contributed by atoms with Gasteiger partial charge in [-0.05, 0) is 57.0 Å². The number of piperidine rings is 1. The molecule has 0 radical (unpaired) electrons. The molecule has 31 heavy (non-hydrogen) atoms. The molecule has 1 saturated heterocycles. The minimum absolute atomic E-state index is 0.0203. The van der Waals surface area contributed by atoms with Crippen molar-refractivity contribution in [3.63, 3.8) is 0 Å². The summed E-state index contributed by atoms with van der Waals surface area (Å²) in [6.07, 6.45) is 2.90. The number of carbonyl (C=O) groups is 1. The van der Waals surface area contributed by atoms with Crippen LogP contribution in [-0.2, 0) is 23.1 Å². The summed E-state index contributed by atoms with van der Waals surface area (Å²) in [7, 11) is -3.50. The Kier molecular flexibility index (Phi) is 6.11. The predicted octanol–water partition coefficient (Wildman–Crippen LogP) is 4.05. The van der Waals surface area contributed by atoms with E-state index in [1.807, 2.05) is 31.2 Å². The molecule has 2 aromatic carbocycles. The van der Waals surface area contributed by atoms with Crippen LogP contribution in [0.1, 0.15) is 49.3 Å². The van der Waals surface area contributed by atoms with Gasteiger partial charge in [-0.25, -0.2) is 13.4 Å². The number of aryl methyl sites for hydroxylation is 1. The van der Waals surface area contributed by atoms with E-state index in [9.17, 15) is 13.2 Å². The second kappa shape index (κ2) is 8.80. The zero-order valence-electron chi connectivity index (χ0n) is 18.0. The number of Topliss-reactive ketones (excluding diaryl/α,β-unsaturated/α-hetero) is 1. The van der Waals surface area contributed by atoms with Crippen molar-refractivity contribution in [2.75, 3.05) is 18.4 Å². The molecule has 1 fully saturated rings. The average molecular weight is 441 g/mol. The first-order chi connectivity index (χ1) is 14.9. The zero-order valence-corrected chi connectivity index (χ0v) is 18.8. The van der Waals surface area contributed by atoms with Crippen molar-refractivity contribution in [2.24, 2.45) is 0 Å². The number of rotatable bonds is 7. The Morgan fingerprint density at radius 3 is 2.58 bits per heavy atom. The lowest BCUT2D eigenvalue weighted by Crippen LogP contribution is -2.35. The van der Waals surface area contributed by atoms with Gasteiger partial charge in [0.2, 0.25) is 10.0 Å². The third kappa shape index (κ3) is 4.36. The fraction of sp³-hybridized carbons (Fsp3) is 0.391. The van der Waals surface area contributed by atoms with Crippen LogP contribution >= 0.6 is 0 Å². The Hall–Kier alpha value is -2.71. The first kappa shape index (κ1) is 21.5. The number of anilines is 1. The van der Waals surface area contributed by atoms with Gasteiger partial charge in [-0.3, -0.25) is 4.79 Å². The quantitative estimate of drug-likeness (QED) is 0.561. The number of benzene rings is 2. The summed E-state index contributed by atoms with van der Waals surface area (Å²) in [4.78, 5) is 16.6. The molecule has 0 amide bonds. The zero-order chi connectivity index (χ0) is 22.0. The molecule has 0 unspecified atom stereocenters. The number of carbonyl (C=O) groups excluding carboxylic acids is 1. The molecule has 0 bridgehead atoms. The van der Waals surface area contributed by atoms with Gasteiger partial charge >= 0.3 is 0 Å². The summed E-state index contributed by atoms with van der Waals surface area (Å²) < 4.78 is 29.7. The summed E-state index contributed by atoms with van der Waals surface area (Å²) in [5, 5.41) is 3.33. The Morgan fingerprint density at radius 1 is 1.10 bits per heavy atom. The molecule has 0 saturated carbocycles.